The van der Waals surface area contributed by atoms with Crippen molar-refractivity contribution in [3.05, 3.63) is 34.1 Å². The summed E-state index contributed by atoms with van der Waals surface area (Å²) in [5.41, 5.74) is -0.292. The molecule has 0 heterocycles. The normalized spacial score (nSPS) is 11.5. The summed E-state index contributed by atoms with van der Waals surface area (Å²) in [5, 5.41) is 4.53. The van der Waals surface area contributed by atoms with E-state index in [1.807, 2.05) is 12.2 Å². The first-order valence-corrected chi connectivity index (χ1v) is 7.35. The fourth-order valence-electron chi connectivity index (χ4n) is 1.39. The van der Waals surface area contributed by atoms with Gasteiger partial charge in [0.15, 0.2) is 6.61 Å². The fourth-order valence-corrected chi connectivity index (χ4v) is 1.72. The average molecular weight is 375 g/mol. The third-order valence-corrected chi connectivity index (χ3v) is 3.22. The van der Waals surface area contributed by atoms with Crippen molar-refractivity contribution >= 4 is 33.8 Å². The van der Waals surface area contributed by atoms with Crippen molar-refractivity contribution in [1.29, 1.82) is 0 Å². The van der Waals surface area contributed by atoms with Gasteiger partial charge in [-0.15, -0.1) is 0 Å². The van der Waals surface area contributed by atoms with E-state index < -0.39 is 30.3 Å². The van der Waals surface area contributed by atoms with E-state index in [0.29, 0.717) is 10.9 Å². The molecule has 0 radical (unpaired) electrons. The quantitative estimate of drug-likeness (QED) is 0.774. The molecular weight excluding hydrogens is 359 g/mol. The van der Waals surface area contributed by atoms with Crippen LogP contribution in [-0.2, 0) is 9.53 Å². The number of imide groups is 1. The highest BCUT2D eigenvalue weighted by Crippen LogP contribution is 2.15. The summed E-state index contributed by atoms with van der Waals surface area (Å²) in [6.45, 7) is 2.98. The van der Waals surface area contributed by atoms with Crippen molar-refractivity contribution in [3.8, 4) is 0 Å². The Morgan fingerprint density at radius 3 is 2.64 bits per heavy atom. The number of ether oxygens (including phenoxy) is 1. The van der Waals surface area contributed by atoms with Gasteiger partial charge in [0.1, 0.15) is 5.82 Å². The van der Waals surface area contributed by atoms with Crippen molar-refractivity contribution in [3.63, 3.8) is 0 Å². The van der Waals surface area contributed by atoms with E-state index in [4.69, 9.17) is 0 Å². The zero-order chi connectivity index (χ0) is 16.7. The van der Waals surface area contributed by atoms with Crippen LogP contribution in [0, 0.1) is 5.82 Å². The van der Waals surface area contributed by atoms with Crippen molar-refractivity contribution in [2.24, 2.45) is 0 Å². The molecule has 1 rings (SSSR count). The molecule has 3 amide bonds. The Kier molecular flexibility index (Phi) is 6.97. The van der Waals surface area contributed by atoms with Crippen LogP contribution in [0.2, 0.25) is 0 Å². The van der Waals surface area contributed by atoms with E-state index in [9.17, 15) is 18.8 Å². The summed E-state index contributed by atoms with van der Waals surface area (Å²) >= 11 is 3.06. The SMILES string of the molecule is CC[C@H](C)NC(=O)NC(=O)COC(=O)c1ccc(Br)cc1F. The third kappa shape index (κ3) is 5.80. The molecule has 0 aliphatic rings. The molecule has 0 unspecified atom stereocenters. The van der Waals surface area contributed by atoms with Gasteiger partial charge in [0, 0.05) is 10.5 Å². The first kappa shape index (κ1) is 18.1. The number of carbonyl (C=O) groups excluding carboxylic acids is 3. The summed E-state index contributed by atoms with van der Waals surface area (Å²) in [6, 6.07) is 3.04. The second kappa shape index (κ2) is 8.47. The van der Waals surface area contributed by atoms with Gasteiger partial charge in [0.25, 0.3) is 5.91 Å². The number of hydrogen-bond acceptors (Lipinski definition) is 4. The number of amides is 3. The number of urea groups is 1. The molecule has 2 N–H and O–H groups in total. The van der Waals surface area contributed by atoms with Crippen LogP contribution in [0.1, 0.15) is 30.6 Å². The van der Waals surface area contributed by atoms with Crippen molar-refractivity contribution in [2.75, 3.05) is 6.61 Å². The molecule has 0 aromatic heterocycles. The van der Waals surface area contributed by atoms with Gasteiger partial charge in [-0.1, -0.05) is 22.9 Å². The van der Waals surface area contributed by atoms with Crippen molar-refractivity contribution < 1.29 is 23.5 Å². The number of rotatable bonds is 5. The number of esters is 1. The van der Waals surface area contributed by atoms with Crippen LogP contribution >= 0.6 is 15.9 Å². The van der Waals surface area contributed by atoms with Gasteiger partial charge >= 0.3 is 12.0 Å². The number of halogens is 2. The second-order valence-electron chi connectivity index (χ2n) is 4.53. The van der Waals surface area contributed by atoms with Crippen molar-refractivity contribution in [2.45, 2.75) is 26.3 Å². The molecule has 1 aromatic rings. The Balaban J connectivity index is 2.46. The number of hydrogen-bond donors (Lipinski definition) is 2. The van der Waals surface area contributed by atoms with Crippen LogP contribution in [0.3, 0.4) is 0 Å². The molecule has 0 saturated heterocycles. The molecule has 0 aliphatic heterocycles. The first-order valence-electron chi connectivity index (χ1n) is 6.56. The highest BCUT2D eigenvalue weighted by molar-refractivity contribution is 9.10. The first-order chi connectivity index (χ1) is 10.3. The lowest BCUT2D eigenvalue weighted by atomic mass is 10.2. The molecule has 0 aliphatic carbocycles. The molecule has 0 saturated carbocycles. The molecule has 22 heavy (non-hydrogen) atoms. The molecule has 0 spiro atoms. The van der Waals surface area contributed by atoms with Gasteiger partial charge < -0.3 is 10.1 Å². The smallest absolute Gasteiger partial charge is 0.341 e. The van der Waals surface area contributed by atoms with Crippen molar-refractivity contribution in [1.82, 2.24) is 10.6 Å². The van der Waals surface area contributed by atoms with Gasteiger partial charge in [0.2, 0.25) is 0 Å². The lowest BCUT2D eigenvalue weighted by Gasteiger charge is -2.11. The maximum Gasteiger partial charge on any atom is 0.341 e. The molecule has 120 valence electrons. The van der Waals surface area contributed by atoms with E-state index in [-0.39, 0.29) is 11.6 Å². The maximum absolute atomic E-state index is 13.5. The number of carbonyl (C=O) groups is 3. The molecule has 0 fully saturated rings. The summed E-state index contributed by atoms with van der Waals surface area (Å²) in [7, 11) is 0. The Labute approximate surface area is 135 Å². The molecule has 1 aromatic carbocycles. The topological polar surface area (TPSA) is 84.5 Å². The average Bonchev–Trinajstić information content (AvgIpc) is 2.44. The van der Waals surface area contributed by atoms with Gasteiger partial charge in [0.05, 0.1) is 5.56 Å². The van der Waals surface area contributed by atoms with Crippen LogP contribution in [-0.4, -0.2) is 30.6 Å². The predicted molar refractivity (Wildman–Crippen MR) is 80.8 cm³/mol. The second-order valence-corrected chi connectivity index (χ2v) is 5.45. The summed E-state index contributed by atoms with van der Waals surface area (Å²) in [4.78, 5) is 34.5. The number of benzene rings is 1. The summed E-state index contributed by atoms with van der Waals surface area (Å²) < 4.78 is 18.7. The minimum atomic E-state index is -0.984. The fraction of sp³-hybridized carbons (Fsp3) is 0.357. The molecule has 1 atom stereocenters. The zero-order valence-electron chi connectivity index (χ0n) is 12.1. The lowest BCUT2D eigenvalue weighted by Crippen LogP contribution is -2.44. The van der Waals surface area contributed by atoms with E-state index in [0.717, 1.165) is 6.07 Å². The Morgan fingerprint density at radius 1 is 1.36 bits per heavy atom. The molecular formula is C14H16BrFN2O4. The standard InChI is InChI=1S/C14H16BrFN2O4/c1-3-8(2)17-14(21)18-12(19)7-22-13(20)10-5-4-9(15)6-11(10)16/h4-6,8H,3,7H2,1-2H3,(H2,17,18,19,21)/t8-/m0/s1. The summed E-state index contributed by atoms with van der Waals surface area (Å²) in [5.74, 6) is -2.55. The van der Waals surface area contributed by atoms with Crippen LogP contribution < -0.4 is 10.6 Å². The highest BCUT2D eigenvalue weighted by Gasteiger charge is 2.16. The Bertz CT molecular complexity index is 580. The molecule has 6 nitrogen and oxygen atoms in total. The van der Waals surface area contributed by atoms with Crippen LogP contribution in [0.5, 0.6) is 0 Å². The molecule has 8 heteroatoms. The lowest BCUT2D eigenvalue weighted by molar-refractivity contribution is -0.123. The third-order valence-electron chi connectivity index (χ3n) is 2.73. The van der Waals surface area contributed by atoms with E-state index in [1.165, 1.54) is 12.1 Å². The highest BCUT2D eigenvalue weighted by atomic mass is 79.9. The van der Waals surface area contributed by atoms with Gasteiger partial charge in [-0.25, -0.2) is 14.0 Å². The van der Waals surface area contributed by atoms with Crippen LogP contribution in [0.25, 0.3) is 0 Å². The van der Waals surface area contributed by atoms with E-state index in [2.05, 4.69) is 26.0 Å². The van der Waals surface area contributed by atoms with Crippen LogP contribution in [0.4, 0.5) is 9.18 Å². The van der Waals surface area contributed by atoms with Gasteiger partial charge in [-0.05, 0) is 31.5 Å². The summed E-state index contributed by atoms with van der Waals surface area (Å²) in [6.07, 6.45) is 0.708. The van der Waals surface area contributed by atoms with Crippen LogP contribution in [0.15, 0.2) is 22.7 Å². The maximum atomic E-state index is 13.5. The zero-order valence-corrected chi connectivity index (χ0v) is 13.7. The minimum Gasteiger partial charge on any atom is -0.452 e. The Hall–Kier alpha value is -1.96. The van der Waals surface area contributed by atoms with E-state index >= 15 is 0 Å². The number of nitrogens with one attached hydrogen (secondary N) is 2. The largest absolute Gasteiger partial charge is 0.452 e. The molecule has 0 bridgehead atoms. The van der Waals surface area contributed by atoms with E-state index in [1.54, 1.807) is 6.92 Å². The minimum absolute atomic E-state index is 0.0905. The van der Waals surface area contributed by atoms with Gasteiger partial charge in [-0.2, -0.15) is 0 Å². The monoisotopic (exact) mass is 374 g/mol. The Morgan fingerprint density at radius 2 is 2.05 bits per heavy atom. The van der Waals surface area contributed by atoms with Gasteiger partial charge in [-0.3, -0.25) is 10.1 Å². The predicted octanol–water partition coefficient (Wildman–Crippen LogP) is 2.37.